The van der Waals surface area contributed by atoms with Crippen LogP contribution < -0.4 is 4.90 Å². The van der Waals surface area contributed by atoms with Gasteiger partial charge in [-0.2, -0.15) is 15.1 Å². The molecule has 2 aromatic heterocycles. The fourth-order valence-corrected chi connectivity index (χ4v) is 3.19. The summed E-state index contributed by atoms with van der Waals surface area (Å²) in [6, 6.07) is 0. The van der Waals surface area contributed by atoms with E-state index < -0.39 is 0 Å². The monoisotopic (exact) mass is 323 g/mol. The van der Waals surface area contributed by atoms with Crippen molar-refractivity contribution in [2.24, 2.45) is 0 Å². The molecule has 1 atom stereocenters. The molecule has 1 unspecified atom stereocenters. The van der Waals surface area contributed by atoms with Gasteiger partial charge in [0, 0.05) is 19.7 Å². The molecule has 0 N–H and O–H groups in total. The number of rotatable bonds is 2. The first-order valence-corrected chi connectivity index (χ1v) is 8.06. The molecule has 2 aliphatic rings. The van der Waals surface area contributed by atoms with Crippen LogP contribution in [0, 0.1) is 0 Å². The predicted molar refractivity (Wildman–Crippen MR) is 82.2 cm³/mol. The van der Waals surface area contributed by atoms with Gasteiger partial charge in [-0.3, -0.25) is 0 Å². The molecule has 4 rings (SSSR count). The second-order valence-electron chi connectivity index (χ2n) is 5.56. The number of fused-ring (bicyclic) bond motifs is 1. The second kappa shape index (κ2) is 5.98. The summed E-state index contributed by atoms with van der Waals surface area (Å²) in [5.74, 6) is 0.834. The lowest BCUT2D eigenvalue weighted by Crippen LogP contribution is -2.37. The lowest BCUT2D eigenvalue weighted by molar-refractivity contribution is -0.0370. The van der Waals surface area contributed by atoms with Crippen molar-refractivity contribution in [2.75, 3.05) is 37.8 Å². The van der Waals surface area contributed by atoms with Crippen LogP contribution in [0.25, 0.3) is 11.0 Å². The van der Waals surface area contributed by atoms with Crippen LogP contribution in [0.15, 0.2) is 6.20 Å². The van der Waals surface area contributed by atoms with E-state index in [0.29, 0.717) is 13.2 Å². The molecule has 0 spiro atoms. The molecular formula is C14H18ClN5O2. The third kappa shape index (κ3) is 2.53. The Morgan fingerprint density at radius 2 is 2.00 bits per heavy atom. The molecule has 0 amide bonds. The molecule has 0 bridgehead atoms. The van der Waals surface area contributed by atoms with Crippen molar-refractivity contribution in [3.8, 4) is 0 Å². The van der Waals surface area contributed by atoms with Crippen molar-refractivity contribution < 1.29 is 9.47 Å². The van der Waals surface area contributed by atoms with Crippen molar-refractivity contribution in [3.05, 3.63) is 11.5 Å². The molecule has 0 radical (unpaired) electrons. The van der Waals surface area contributed by atoms with Gasteiger partial charge in [-0.05, 0) is 30.9 Å². The van der Waals surface area contributed by atoms with Crippen molar-refractivity contribution in [3.63, 3.8) is 0 Å². The van der Waals surface area contributed by atoms with E-state index in [-0.39, 0.29) is 11.5 Å². The maximum absolute atomic E-state index is 6.15. The maximum atomic E-state index is 6.15. The lowest BCUT2D eigenvalue weighted by Gasteiger charge is -2.28. The summed E-state index contributed by atoms with van der Waals surface area (Å²) < 4.78 is 13.1. The molecule has 7 nitrogen and oxygen atoms in total. The van der Waals surface area contributed by atoms with Gasteiger partial charge < -0.3 is 14.4 Å². The molecule has 2 fully saturated rings. The largest absolute Gasteiger partial charge is 0.378 e. The minimum absolute atomic E-state index is 0.0604. The number of hydrogen-bond donors (Lipinski definition) is 0. The average Bonchev–Trinajstić information content (AvgIpc) is 2.99. The summed E-state index contributed by atoms with van der Waals surface area (Å²) in [7, 11) is 0. The summed E-state index contributed by atoms with van der Waals surface area (Å²) in [4.78, 5) is 11.0. The van der Waals surface area contributed by atoms with Gasteiger partial charge in [-0.25, -0.2) is 4.68 Å². The van der Waals surface area contributed by atoms with E-state index in [1.54, 1.807) is 0 Å². The third-order valence-electron chi connectivity index (χ3n) is 4.15. The normalized spacial score (nSPS) is 23.1. The van der Waals surface area contributed by atoms with E-state index in [2.05, 4.69) is 20.0 Å². The van der Waals surface area contributed by atoms with E-state index in [1.807, 2.05) is 10.9 Å². The van der Waals surface area contributed by atoms with E-state index in [9.17, 15) is 0 Å². The predicted octanol–water partition coefficient (Wildman–Crippen LogP) is 2.02. The smallest absolute Gasteiger partial charge is 0.226 e. The Morgan fingerprint density at radius 3 is 2.77 bits per heavy atom. The topological polar surface area (TPSA) is 65.3 Å². The summed E-state index contributed by atoms with van der Waals surface area (Å²) in [5.41, 5.74) is 0.744. The van der Waals surface area contributed by atoms with Gasteiger partial charge in [-0.15, -0.1) is 0 Å². The SMILES string of the molecule is Clc1nc(N2CCOCC2)c2cnn(C3CCCCO3)c2n1. The Bertz CT molecular complexity index is 665. The standard InChI is InChI=1S/C14H18ClN5O2/c15-14-17-12(19-4-7-21-8-5-19)10-9-16-20(13(10)18-14)11-3-1-2-6-22-11/h9,11H,1-8H2. The zero-order valence-corrected chi connectivity index (χ0v) is 13.0. The Kier molecular flexibility index (Phi) is 3.85. The highest BCUT2D eigenvalue weighted by molar-refractivity contribution is 6.28. The Balaban J connectivity index is 1.76. The first-order valence-electron chi connectivity index (χ1n) is 7.68. The molecule has 4 heterocycles. The average molecular weight is 324 g/mol. The zero-order chi connectivity index (χ0) is 14.9. The van der Waals surface area contributed by atoms with Crippen molar-refractivity contribution >= 4 is 28.5 Å². The number of anilines is 1. The van der Waals surface area contributed by atoms with Gasteiger partial charge in [0.25, 0.3) is 0 Å². The highest BCUT2D eigenvalue weighted by atomic mass is 35.5. The molecule has 0 aliphatic carbocycles. The minimum atomic E-state index is -0.0604. The molecule has 2 aliphatic heterocycles. The van der Waals surface area contributed by atoms with E-state index >= 15 is 0 Å². The van der Waals surface area contributed by atoms with Crippen molar-refractivity contribution in [2.45, 2.75) is 25.5 Å². The number of morpholine rings is 1. The van der Waals surface area contributed by atoms with Gasteiger partial charge >= 0.3 is 0 Å². The Morgan fingerprint density at radius 1 is 1.14 bits per heavy atom. The van der Waals surface area contributed by atoms with Crippen LogP contribution in [0.4, 0.5) is 5.82 Å². The van der Waals surface area contributed by atoms with Crippen LogP contribution in [0.1, 0.15) is 25.5 Å². The van der Waals surface area contributed by atoms with Crippen LogP contribution in [-0.4, -0.2) is 52.7 Å². The highest BCUT2D eigenvalue weighted by Gasteiger charge is 2.23. The van der Waals surface area contributed by atoms with E-state index in [4.69, 9.17) is 21.1 Å². The number of nitrogens with zero attached hydrogens (tertiary/aromatic N) is 5. The van der Waals surface area contributed by atoms with Gasteiger partial charge in [0.15, 0.2) is 11.9 Å². The van der Waals surface area contributed by atoms with Crippen molar-refractivity contribution in [1.82, 2.24) is 19.7 Å². The number of ether oxygens (including phenoxy) is 2. The zero-order valence-electron chi connectivity index (χ0n) is 12.2. The van der Waals surface area contributed by atoms with E-state index in [0.717, 1.165) is 55.8 Å². The summed E-state index contributed by atoms with van der Waals surface area (Å²) >= 11 is 6.15. The molecule has 0 saturated carbocycles. The lowest BCUT2D eigenvalue weighted by atomic mass is 10.2. The van der Waals surface area contributed by atoms with Crippen LogP contribution in [-0.2, 0) is 9.47 Å². The van der Waals surface area contributed by atoms with Gasteiger partial charge in [0.05, 0.1) is 24.8 Å². The quantitative estimate of drug-likeness (QED) is 0.788. The van der Waals surface area contributed by atoms with Crippen LogP contribution in [0.2, 0.25) is 5.28 Å². The summed E-state index contributed by atoms with van der Waals surface area (Å²) in [5, 5.41) is 5.65. The fourth-order valence-electron chi connectivity index (χ4n) is 3.03. The second-order valence-corrected chi connectivity index (χ2v) is 5.90. The summed E-state index contributed by atoms with van der Waals surface area (Å²) in [6.07, 6.45) is 4.94. The molecule has 8 heteroatoms. The molecule has 2 saturated heterocycles. The molecule has 0 aromatic carbocycles. The molecule has 22 heavy (non-hydrogen) atoms. The number of hydrogen-bond acceptors (Lipinski definition) is 6. The molecule has 2 aromatic rings. The minimum Gasteiger partial charge on any atom is -0.378 e. The Hall–Kier alpha value is -1.44. The van der Waals surface area contributed by atoms with Crippen LogP contribution >= 0.6 is 11.6 Å². The highest BCUT2D eigenvalue weighted by Crippen LogP contribution is 2.30. The first kappa shape index (κ1) is 14.2. The maximum Gasteiger partial charge on any atom is 0.226 e. The van der Waals surface area contributed by atoms with Crippen molar-refractivity contribution in [1.29, 1.82) is 0 Å². The molecule has 118 valence electrons. The van der Waals surface area contributed by atoms with Crippen LogP contribution in [0.3, 0.4) is 0 Å². The number of halogens is 1. The molecular weight excluding hydrogens is 306 g/mol. The summed E-state index contributed by atoms with van der Waals surface area (Å²) in [6.45, 7) is 3.76. The van der Waals surface area contributed by atoms with E-state index in [1.165, 1.54) is 0 Å². The Labute approximate surface area is 133 Å². The van der Waals surface area contributed by atoms with Gasteiger partial charge in [0.2, 0.25) is 5.28 Å². The van der Waals surface area contributed by atoms with Crippen LogP contribution in [0.5, 0.6) is 0 Å². The third-order valence-corrected chi connectivity index (χ3v) is 4.31. The number of aromatic nitrogens is 4. The first-order chi connectivity index (χ1) is 10.8. The van der Waals surface area contributed by atoms with Gasteiger partial charge in [0.1, 0.15) is 5.82 Å². The van der Waals surface area contributed by atoms with Gasteiger partial charge in [-0.1, -0.05) is 0 Å². The fraction of sp³-hybridized carbons (Fsp3) is 0.643.